The predicted octanol–water partition coefficient (Wildman–Crippen LogP) is 6.06. The molecular formula is C30H43ClN2O4. The molecule has 1 N–H and O–H groups in total. The second-order valence-corrected chi connectivity index (χ2v) is 9.82. The van der Waals surface area contributed by atoms with Crippen molar-refractivity contribution in [1.29, 1.82) is 0 Å². The number of rotatable bonds is 10. The summed E-state index contributed by atoms with van der Waals surface area (Å²) in [5.41, 5.74) is 1.27. The number of hydrogen-bond donors (Lipinski definition) is 1. The molecular weight excluding hydrogens is 488 g/mol. The number of carbonyl (C=O) groups is 2. The molecule has 0 spiro atoms. The first-order valence-electron chi connectivity index (χ1n) is 13.6. The summed E-state index contributed by atoms with van der Waals surface area (Å²) >= 11 is 5.59. The standard InChI is InChI=1S/C15H21NO2.C8H16ClN.C7H6O2/c17-13-14-5-7-15(8-6-14)18-12-4-11-16-9-2-1-3-10-16;9-5-4-8-10-6-2-1-3-7-10;8-5-6-1-3-7(9)4-2-6/h5-8,13H,1-4,9-12H2;1-8H2;1-5,9H. The molecule has 4 rings (SSSR count). The fourth-order valence-electron chi connectivity index (χ4n) is 4.32. The lowest BCUT2D eigenvalue weighted by atomic mass is 10.1. The van der Waals surface area contributed by atoms with Crippen LogP contribution in [-0.4, -0.2) is 79.2 Å². The molecule has 0 unspecified atom stereocenters. The predicted molar refractivity (Wildman–Crippen MR) is 151 cm³/mol. The fraction of sp³-hybridized carbons (Fsp3) is 0.533. The highest BCUT2D eigenvalue weighted by Crippen LogP contribution is 2.13. The molecule has 0 amide bonds. The molecule has 2 fully saturated rings. The van der Waals surface area contributed by atoms with Crippen LogP contribution < -0.4 is 4.74 Å². The first kappa shape index (κ1) is 30.8. The maximum atomic E-state index is 10.5. The second kappa shape index (κ2) is 19.7. The Morgan fingerprint density at radius 3 is 1.62 bits per heavy atom. The first-order valence-corrected chi connectivity index (χ1v) is 14.1. The van der Waals surface area contributed by atoms with Gasteiger partial charge in [-0.15, -0.1) is 11.6 Å². The highest BCUT2D eigenvalue weighted by molar-refractivity contribution is 6.17. The van der Waals surface area contributed by atoms with Crippen molar-refractivity contribution in [3.63, 3.8) is 0 Å². The molecule has 2 saturated heterocycles. The maximum absolute atomic E-state index is 10.5. The van der Waals surface area contributed by atoms with Crippen molar-refractivity contribution in [3.05, 3.63) is 59.7 Å². The molecule has 0 bridgehead atoms. The molecule has 6 nitrogen and oxygen atoms in total. The van der Waals surface area contributed by atoms with Crippen molar-refractivity contribution in [2.75, 3.05) is 51.8 Å². The highest BCUT2D eigenvalue weighted by Gasteiger charge is 2.09. The zero-order valence-corrected chi connectivity index (χ0v) is 22.8. The van der Waals surface area contributed by atoms with Crippen LogP contribution in [0.25, 0.3) is 0 Å². The normalized spacial score (nSPS) is 15.9. The summed E-state index contributed by atoms with van der Waals surface area (Å²) < 4.78 is 5.65. The van der Waals surface area contributed by atoms with Gasteiger partial charge in [0.1, 0.15) is 24.1 Å². The summed E-state index contributed by atoms with van der Waals surface area (Å²) in [7, 11) is 0. The largest absolute Gasteiger partial charge is 0.508 e. The molecule has 7 heteroatoms. The number of hydrogen-bond acceptors (Lipinski definition) is 6. The number of carbonyl (C=O) groups excluding carboxylic acids is 2. The number of nitrogens with zero attached hydrogens (tertiary/aromatic N) is 2. The molecule has 2 aromatic carbocycles. The van der Waals surface area contributed by atoms with Crippen LogP contribution in [-0.2, 0) is 0 Å². The lowest BCUT2D eigenvalue weighted by molar-refractivity contribution is 0.111. The molecule has 0 aliphatic carbocycles. The third-order valence-corrected chi connectivity index (χ3v) is 6.71. The molecule has 2 heterocycles. The number of phenols is 1. The number of piperidine rings is 2. The van der Waals surface area contributed by atoms with Gasteiger partial charge in [-0.2, -0.15) is 0 Å². The van der Waals surface area contributed by atoms with Gasteiger partial charge in [-0.05, 0) is 120 Å². The van der Waals surface area contributed by atoms with E-state index in [1.54, 1.807) is 24.3 Å². The van der Waals surface area contributed by atoms with E-state index in [0.29, 0.717) is 11.1 Å². The van der Waals surface area contributed by atoms with Gasteiger partial charge in [0.2, 0.25) is 0 Å². The van der Waals surface area contributed by atoms with Gasteiger partial charge in [-0.1, -0.05) is 12.8 Å². The van der Waals surface area contributed by atoms with Crippen LogP contribution in [0.5, 0.6) is 11.5 Å². The summed E-state index contributed by atoms with van der Waals surface area (Å²) in [5.74, 6) is 1.84. The number of benzene rings is 2. The lowest BCUT2D eigenvalue weighted by Gasteiger charge is -2.26. The van der Waals surface area contributed by atoms with Crippen molar-refractivity contribution in [2.24, 2.45) is 0 Å². The lowest BCUT2D eigenvalue weighted by Crippen LogP contribution is -2.31. The minimum Gasteiger partial charge on any atom is -0.508 e. The Morgan fingerprint density at radius 1 is 0.703 bits per heavy atom. The third kappa shape index (κ3) is 14.2. The van der Waals surface area contributed by atoms with Crippen LogP contribution in [0.15, 0.2) is 48.5 Å². The number of aromatic hydroxyl groups is 1. The van der Waals surface area contributed by atoms with Gasteiger partial charge >= 0.3 is 0 Å². The Labute approximate surface area is 227 Å². The van der Waals surface area contributed by atoms with Gasteiger partial charge in [-0.3, -0.25) is 9.59 Å². The second-order valence-electron chi connectivity index (χ2n) is 9.45. The number of likely N-dealkylation sites (tertiary alicyclic amines) is 2. The van der Waals surface area contributed by atoms with Gasteiger partial charge in [0.15, 0.2) is 0 Å². The summed E-state index contributed by atoms with van der Waals surface area (Å²) in [6, 6.07) is 13.3. The maximum Gasteiger partial charge on any atom is 0.150 e. The minimum atomic E-state index is 0.181. The van der Waals surface area contributed by atoms with Gasteiger partial charge in [0, 0.05) is 23.6 Å². The Hall–Kier alpha value is -2.41. The molecule has 2 aromatic rings. The van der Waals surface area contributed by atoms with E-state index in [1.165, 1.54) is 83.4 Å². The summed E-state index contributed by atoms with van der Waals surface area (Å²) in [4.78, 5) is 25.6. The van der Waals surface area contributed by atoms with Crippen LogP contribution in [0, 0.1) is 0 Å². The van der Waals surface area contributed by atoms with Gasteiger partial charge in [0.25, 0.3) is 0 Å². The van der Waals surface area contributed by atoms with Crippen molar-refractivity contribution in [1.82, 2.24) is 9.80 Å². The third-order valence-electron chi connectivity index (χ3n) is 6.44. The van der Waals surface area contributed by atoms with Crippen LogP contribution >= 0.6 is 11.6 Å². The van der Waals surface area contributed by atoms with E-state index in [9.17, 15) is 9.59 Å². The Kier molecular flexibility index (Phi) is 16.4. The summed E-state index contributed by atoms with van der Waals surface area (Å²) in [6.07, 6.45) is 12.1. The van der Waals surface area contributed by atoms with Crippen molar-refractivity contribution < 1.29 is 19.4 Å². The molecule has 37 heavy (non-hydrogen) atoms. The van der Waals surface area contributed by atoms with E-state index in [1.807, 2.05) is 12.1 Å². The van der Waals surface area contributed by atoms with Crippen molar-refractivity contribution in [2.45, 2.75) is 51.4 Å². The minimum absolute atomic E-state index is 0.181. The first-order chi connectivity index (χ1) is 18.1. The Morgan fingerprint density at radius 2 is 1.16 bits per heavy atom. The molecule has 0 atom stereocenters. The van der Waals surface area contributed by atoms with E-state index in [-0.39, 0.29) is 5.75 Å². The van der Waals surface area contributed by atoms with Crippen LogP contribution in [0.4, 0.5) is 0 Å². The summed E-state index contributed by atoms with van der Waals surface area (Å²) in [5, 5.41) is 8.74. The molecule has 2 aliphatic heterocycles. The van der Waals surface area contributed by atoms with Crippen molar-refractivity contribution in [3.8, 4) is 11.5 Å². The fourth-order valence-corrected chi connectivity index (χ4v) is 4.44. The SMILES string of the molecule is ClCCCN1CCCCC1.O=Cc1ccc(O)cc1.O=Cc1ccc(OCCCN2CCCCC2)cc1. The molecule has 0 radical (unpaired) electrons. The van der Waals surface area contributed by atoms with E-state index in [0.717, 1.165) is 50.2 Å². The van der Waals surface area contributed by atoms with Gasteiger partial charge in [-0.25, -0.2) is 0 Å². The smallest absolute Gasteiger partial charge is 0.150 e. The Balaban J connectivity index is 0.000000214. The molecule has 204 valence electrons. The zero-order valence-electron chi connectivity index (χ0n) is 22.0. The molecule has 0 saturated carbocycles. The van der Waals surface area contributed by atoms with E-state index in [4.69, 9.17) is 21.4 Å². The number of alkyl halides is 1. The monoisotopic (exact) mass is 530 g/mol. The molecule has 0 aromatic heterocycles. The highest BCUT2D eigenvalue weighted by atomic mass is 35.5. The van der Waals surface area contributed by atoms with Crippen LogP contribution in [0.2, 0.25) is 0 Å². The topological polar surface area (TPSA) is 70.1 Å². The van der Waals surface area contributed by atoms with Crippen molar-refractivity contribution >= 4 is 24.2 Å². The van der Waals surface area contributed by atoms with E-state index in [2.05, 4.69) is 9.80 Å². The van der Waals surface area contributed by atoms with E-state index < -0.39 is 0 Å². The Bertz CT molecular complexity index is 849. The number of phenolic OH excluding ortho intramolecular Hbond substituents is 1. The van der Waals surface area contributed by atoms with Gasteiger partial charge in [0.05, 0.1) is 6.61 Å². The average molecular weight is 531 g/mol. The molecule has 2 aliphatic rings. The van der Waals surface area contributed by atoms with E-state index >= 15 is 0 Å². The summed E-state index contributed by atoms with van der Waals surface area (Å²) in [6.45, 7) is 8.18. The number of halogens is 1. The quantitative estimate of drug-likeness (QED) is 0.229. The zero-order chi connectivity index (χ0) is 26.6. The number of ether oxygens (including phenoxy) is 1. The number of aldehydes is 2. The van der Waals surface area contributed by atoms with Gasteiger partial charge < -0.3 is 19.6 Å². The van der Waals surface area contributed by atoms with Crippen LogP contribution in [0.3, 0.4) is 0 Å². The average Bonchev–Trinajstić information content (AvgIpc) is 2.97. The van der Waals surface area contributed by atoms with Crippen LogP contribution in [0.1, 0.15) is 72.1 Å².